The zero-order valence-corrected chi connectivity index (χ0v) is 10.1. The van der Waals surface area contributed by atoms with Crippen LogP contribution in [0, 0.1) is 0 Å². The van der Waals surface area contributed by atoms with Gasteiger partial charge >= 0.3 is 0 Å². The number of furan rings is 1. The fraction of sp³-hybridized carbons (Fsp3) is 0.167. The van der Waals surface area contributed by atoms with Gasteiger partial charge in [0.05, 0.1) is 10.0 Å². The van der Waals surface area contributed by atoms with Gasteiger partial charge in [0, 0.05) is 5.56 Å². The Morgan fingerprint density at radius 1 is 1.19 bits per heavy atom. The Morgan fingerprint density at radius 3 is 2.56 bits per heavy atom. The predicted octanol–water partition coefficient (Wildman–Crippen LogP) is 4.31. The molecule has 0 aliphatic rings. The van der Waals surface area contributed by atoms with E-state index in [0.29, 0.717) is 21.6 Å². The van der Waals surface area contributed by atoms with E-state index >= 15 is 0 Å². The average molecular weight is 257 g/mol. The smallest absolute Gasteiger partial charge is 0.135 e. The van der Waals surface area contributed by atoms with Gasteiger partial charge in [0.25, 0.3) is 0 Å². The normalized spacial score (nSPS) is 12.8. The first-order valence-corrected chi connectivity index (χ1v) is 5.57. The molecule has 1 atom stereocenters. The third-order valence-corrected chi connectivity index (χ3v) is 3.07. The highest BCUT2D eigenvalue weighted by Gasteiger charge is 2.12. The van der Waals surface area contributed by atoms with Crippen LogP contribution in [0.4, 0.5) is 0 Å². The van der Waals surface area contributed by atoms with Gasteiger partial charge < -0.3 is 9.52 Å². The first-order chi connectivity index (χ1) is 7.59. The molecule has 1 N–H and O–H groups in total. The largest absolute Gasteiger partial charge is 0.458 e. The van der Waals surface area contributed by atoms with Crippen molar-refractivity contribution in [3.05, 3.63) is 46.1 Å². The Morgan fingerprint density at radius 2 is 1.94 bits per heavy atom. The van der Waals surface area contributed by atoms with Crippen molar-refractivity contribution in [1.29, 1.82) is 0 Å². The van der Waals surface area contributed by atoms with Crippen molar-refractivity contribution in [2.75, 3.05) is 0 Å². The third-order valence-electron chi connectivity index (χ3n) is 2.26. The van der Waals surface area contributed by atoms with Crippen LogP contribution in [-0.2, 0) is 0 Å². The Hall–Kier alpha value is -0.960. The zero-order chi connectivity index (χ0) is 11.7. The molecule has 0 bridgehead atoms. The van der Waals surface area contributed by atoms with Crippen LogP contribution in [0.2, 0.25) is 10.0 Å². The fourth-order valence-corrected chi connectivity index (χ4v) is 1.81. The lowest BCUT2D eigenvalue weighted by Gasteiger charge is -2.03. The lowest BCUT2D eigenvalue weighted by molar-refractivity contribution is 0.170. The van der Waals surface area contributed by atoms with Gasteiger partial charge in [-0.15, -0.1) is 0 Å². The Kier molecular flexibility index (Phi) is 3.24. The molecule has 2 rings (SSSR count). The summed E-state index contributed by atoms with van der Waals surface area (Å²) in [6.07, 6.45) is -0.633. The summed E-state index contributed by atoms with van der Waals surface area (Å²) in [5.74, 6) is 1.11. The molecule has 0 fully saturated rings. The fourth-order valence-electron chi connectivity index (χ4n) is 1.42. The van der Waals surface area contributed by atoms with Crippen molar-refractivity contribution < 1.29 is 9.52 Å². The molecule has 4 heteroatoms. The monoisotopic (exact) mass is 256 g/mol. The van der Waals surface area contributed by atoms with Crippen LogP contribution in [0.25, 0.3) is 11.3 Å². The van der Waals surface area contributed by atoms with E-state index in [2.05, 4.69) is 0 Å². The summed E-state index contributed by atoms with van der Waals surface area (Å²) in [6, 6.07) is 8.82. The second-order valence-corrected chi connectivity index (χ2v) is 4.26. The van der Waals surface area contributed by atoms with Gasteiger partial charge in [0.2, 0.25) is 0 Å². The van der Waals surface area contributed by atoms with E-state index in [1.807, 2.05) is 6.07 Å². The molecule has 1 heterocycles. The van der Waals surface area contributed by atoms with E-state index < -0.39 is 6.10 Å². The highest BCUT2D eigenvalue weighted by atomic mass is 35.5. The third kappa shape index (κ3) is 2.09. The number of hydrogen-bond acceptors (Lipinski definition) is 2. The standard InChI is InChI=1S/C12H10Cl2O2/c1-7(15)10-5-6-11(16-10)8-3-2-4-9(13)12(8)14/h2-7,15H,1H3. The van der Waals surface area contributed by atoms with E-state index in [4.69, 9.17) is 27.6 Å². The molecule has 1 unspecified atom stereocenters. The number of aliphatic hydroxyl groups excluding tert-OH is 1. The number of benzene rings is 1. The van der Waals surface area contributed by atoms with Crippen LogP contribution in [0.5, 0.6) is 0 Å². The molecule has 0 aliphatic heterocycles. The van der Waals surface area contributed by atoms with Crippen molar-refractivity contribution in [3.8, 4) is 11.3 Å². The first-order valence-electron chi connectivity index (χ1n) is 4.82. The SMILES string of the molecule is CC(O)c1ccc(-c2cccc(Cl)c2Cl)o1. The Bertz CT molecular complexity index is 503. The molecule has 0 saturated carbocycles. The van der Waals surface area contributed by atoms with Crippen molar-refractivity contribution in [2.45, 2.75) is 13.0 Å². The molecule has 2 aromatic rings. The summed E-state index contributed by atoms with van der Waals surface area (Å²) in [6.45, 7) is 1.64. The molecule has 0 radical (unpaired) electrons. The molecule has 0 aliphatic carbocycles. The summed E-state index contributed by atoms with van der Waals surface area (Å²) in [5, 5.41) is 10.3. The molecule has 0 saturated heterocycles. The van der Waals surface area contributed by atoms with E-state index in [-0.39, 0.29) is 0 Å². The van der Waals surface area contributed by atoms with Crippen LogP contribution in [0.3, 0.4) is 0 Å². The molecule has 1 aromatic heterocycles. The second-order valence-electron chi connectivity index (χ2n) is 3.48. The molecular weight excluding hydrogens is 247 g/mol. The zero-order valence-electron chi connectivity index (χ0n) is 8.58. The van der Waals surface area contributed by atoms with Crippen LogP contribution in [0.15, 0.2) is 34.7 Å². The number of rotatable bonds is 2. The van der Waals surface area contributed by atoms with E-state index in [9.17, 15) is 5.11 Å². The minimum atomic E-state index is -0.633. The van der Waals surface area contributed by atoms with Gasteiger partial charge in [-0.3, -0.25) is 0 Å². The maximum atomic E-state index is 9.36. The van der Waals surface area contributed by atoms with E-state index in [1.165, 1.54) is 0 Å². The minimum absolute atomic E-state index is 0.454. The van der Waals surface area contributed by atoms with Gasteiger partial charge in [0.15, 0.2) is 0 Å². The number of hydrogen-bond donors (Lipinski definition) is 1. The Labute approximate surface area is 103 Å². The highest BCUT2D eigenvalue weighted by Crippen LogP contribution is 2.34. The molecular formula is C12H10Cl2O2. The Balaban J connectivity index is 2.47. The molecule has 1 aromatic carbocycles. The molecule has 16 heavy (non-hydrogen) atoms. The molecule has 84 valence electrons. The predicted molar refractivity (Wildman–Crippen MR) is 64.8 cm³/mol. The van der Waals surface area contributed by atoms with Crippen molar-refractivity contribution >= 4 is 23.2 Å². The molecule has 0 spiro atoms. The summed E-state index contributed by atoms with van der Waals surface area (Å²) >= 11 is 12.0. The molecule has 2 nitrogen and oxygen atoms in total. The summed E-state index contributed by atoms with van der Waals surface area (Å²) in [5.41, 5.74) is 0.723. The van der Waals surface area contributed by atoms with Crippen LogP contribution >= 0.6 is 23.2 Å². The van der Waals surface area contributed by atoms with Gasteiger partial charge in [-0.1, -0.05) is 29.3 Å². The van der Waals surface area contributed by atoms with Crippen molar-refractivity contribution in [2.24, 2.45) is 0 Å². The van der Waals surface area contributed by atoms with Gasteiger partial charge in [-0.05, 0) is 31.2 Å². The molecule has 0 amide bonds. The van der Waals surface area contributed by atoms with Gasteiger partial charge in [-0.25, -0.2) is 0 Å². The maximum Gasteiger partial charge on any atom is 0.135 e. The van der Waals surface area contributed by atoms with E-state index in [0.717, 1.165) is 5.56 Å². The average Bonchev–Trinajstić information content (AvgIpc) is 2.71. The lowest BCUT2D eigenvalue weighted by atomic mass is 10.2. The van der Waals surface area contributed by atoms with Crippen LogP contribution in [-0.4, -0.2) is 5.11 Å². The summed E-state index contributed by atoms with van der Waals surface area (Å²) in [7, 11) is 0. The number of aliphatic hydroxyl groups is 1. The maximum absolute atomic E-state index is 9.36. The lowest BCUT2D eigenvalue weighted by Crippen LogP contribution is -1.85. The number of halogens is 2. The topological polar surface area (TPSA) is 33.4 Å². The second kappa shape index (κ2) is 4.50. The van der Waals surface area contributed by atoms with E-state index in [1.54, 1.807) is 31.2 Å². The highest BCUT2D eigenvalue weighted by molar-refractivity contribution is 6.43. The van der Waals surface area contributed by atoms with Crippen LogP contribution < -0.4 is 0 Å². The summed E-state index contributed by atoms with van der Waals surface area (Å²) < 4.78 is 5.47. The first kappa shape index (κ1) is 11.5. The quantitative estimate of drug-likeness (QED) is 0.869. The summed E-state index contributed by atoms with van der Waals surface area (Å²) in [4.78, 5) is 0. The van der Waals surface area contributed by atoms with Gasteiger partial charge in [-0.2, -0.15) is 0 Å². The minimum Gasteiger partial charge on any atom is -0.458 e. The van der Waals surface area contributed by atoms with Crippen LogP contribution in [0.1, 0.15) is 18.8 Å². The van der Waals surface area contributed by atoms with Crippen molar-refractivity contribution in [1.82, 2.24) is 0 Å². The van der Waals surface area contributed by atoms with Crippen molar-refractivity contribution in [3.63, 3.8) is 0 Å². The van der Waals surface area contributed by atoms with Gasteiger partial charge in [0.1, 0.15) is 17.6 Å².